The van der Waals surface area contributed by atoms with Gasteiger partial charge in [-0.05, 0) is 48.9 Å². The molecule has 1 saturated heterocycles. The molecule has 4 rings (SSSR count). The second kappa shape index (κ2) is 8.61. The average molecular weight is 377 g/mol. The van der Waals surface area contributed by atoms with Crippen LogP contribution in [0.25, 0.3) is 10.9 Å². The van der Waals surface area contributed by atoms with E-state index >= 15 is 0 Å². The highest BCUT2D eigenvalue weighted by Crippen LogP contribution is 2.24. The number of fused-ring (bicyclic) bond motifs is 1. The molecule has 2 heterocycles. The SMILES string of the molecule is Cc1ccccc1Cn1cc(CCC(=O)NC[C@H]2CCCO2)c2ccccc21. The van der Waals surface area contributed by atoms with Gasteiger partial charge in [-0.25, -0.2) is 0 Å². The van der Waals surface area contributed by atoms with E-state index in [0.29, 0.717) is 13.0 Å². The van der Waals surface area contributed by atoms with Crippen molar-refractivity contribution >= 4 is 16.8 Å². The number of amides is 1. The highest BCUT2D eigenvalue weighted by atomic mass is 16.5. The zero-order valence-electron chi connectivity index (χ0n) is 16.5. The molecule has 0 radical (unpaired) electrons. The van der Waals surface area contributed by atoms with E-state index in [9.17, 15) is 4.79 Å². The van der Waals surface area contributed by atoms with Crippen molar-refractivity contribution in [3.8, 4) is 0 Å². The van der Waals surface area contributed by atoms with Crippen LogP contribution in [0.2, 0.25) is 0 Å². The summed E-state index contributed by atoms with van der Waals surface area (Å²) in [5.74, 6) is 0.103. The van der Waals surface area contributed by atoms with Crippen LogP contribution >= 0.6 is 0 Å². The Labute approximate surface area is 166 Å². The molecule has 1 atom stereocenters. The van der Waals surface area contributed by atoms with E-state index in [0.717, 1.165) is 32.4 Å². The van der Waals surface area contributed by atoms with Crippen molar-refractivity contribution in [2.75, 3.05) is 13.2 Å². The number of ether oxygens (including phenoxy) is 1. The normalized spacial score (nSPS) is 16.5. The van der Waals surface area contributed by atoms with Crippen molar-refractivity contribution in [2.24, 2.45) is 0 Å². The Hall–Kier alpha value is -2.59. The van der Waals surface area contributed by atoms with Gasteiger partial charge < -0.3 is 14.6 Å². The van der Waals surface area contributed by atoms with Crippen LogP contribution in [0.3, 0.4) is 0 Å². The summed E-state index contributed by atoms with van der Waals surface area (Å²) in [6.07, 6.45) is 5.81. The standard InChI is InChI=1S/C24H28N2O2/c1-18-7-2-3-8-19(18)16-26-17-20(22-10-4-5-11-23(22)26)12-13-24(27)25-15-21-9-6-14-28-21/h2-5,7-8,10-11,17,21H,6,9,12-16H2,1H3,(H,25,27)/t21-/m1/s1. The first-order valence-corrected chi connectivity index (χ1v) is 10.2. The third-order valence-corrected chi connectivity index (χ3v) is 5.65. The van der Waals surface area contributed by atoms with Gasteiger partial charge in [0.15, 0.2) is 0 Å². The number of nitrogens with one attached hydrogen (secondary N) is 1. The first kappa shape index (κ1) is 18.8. The number of aryl methyl sites for hydroxylation is 2. The molecular formula is C24H28N2O2. The molecule has 0 spiro atoms. The largest absolute Gasteiger partial charge is 0.376 e. The fourth-order valence-corrected chi connectivity index (χ4v) is 3.99. The van der Waals surface area contributed by atoms with Crippen LogP contribution in [-0.2, 0) is 22.5 Å². The molecule has 0 saturated carbocycles. The molecule has 1 N–H and O–H groups in total. The molecule has 0 bridgehead atoms. The number of hydrogen-bond donors (Lipinski definition) is 1. The van der Waals surface area contributed by atoms with Gasteiger partial charge in [0, 0.05) is 43.2 Å². The van der Waals surface area contributed by atoms with Gasteiger partial charge in [0.2, 0.25) is 5.91 Å². The monoisotopic (exact) mass is 376 g/mol. The zero-order valence-corrected chi connectivity index (χ0v) is 16.5. The number of para-hydroxylation sites is 1. The molecule has 0 aliphatic carbocycles. The molecule has 3 aromatic rings. The number of carbonyl (C=O) groups is 1. The van der Waals surface area contributed by atoms with Gasteiger partial charge in [0.25, 0.3) is 0 Å². The van der Waals surface area contributed by atoms with E-state index in [-0.39, 0.29) is 12.0 Å². The molecule has 1 aliphatic rings. The van der Waals surface area contributed by atoms with Crippen molar-refractivity contribution in [2.45, 2.75) is 45.3 Å². The van der Waals surface area contributed by atoms with Gasteiger partial charge in [-0.15, -0.1) is 0 Å². The summed E-state index contributed by atoms with van der Waals surface area (Å²) in [6.45, 7) is 4.45. The van der Waals surface area contributed by atoms with E-state index in [2.05, 4.69) is 71.5 Å². The van der Waals surface area contributed by atoms with Crippen LogP contribution in [-0.4, -0.2) is 29.7 Å². The Morgan fingerprint density at radius 1 is 1.14 bits per heavy atom. The number of carbonyl (C=O) groups excluding carboxylic acids is 1. The Bertz CT molecular complexity index is 954. The summed E-state index contributed by atoms with van der Waals surface area (Å²) >= 11 is 0. The van der Waals surface area contributed by atoms with Gasteiger partial charge in [0.05, 0.1) is 6.10 Å². The van der Waals surface area contributed by atoms with E-state index in [4.69, 9.17) is 4.74 Å². The van der Waals surface area contributed by atoms with Gasteiger partial charge >= 0.3 is 0 Å². The van der Waals surface area contributed by atoms with E-state index in [1.54, 1.807) is 0 Å². The summed E-state index contributed by atoms with van der Waals surface area (Å²) in [7, 11) is 0. The smallest absolute Gasteiger partial charge is 0.220 e. The number of aromatic nitrogens is 1. The van der Waals surface area contributed by atoms with Crippen molar-refractivity contribution in [1.29, 1.82) is 0 Å². The maximum absolute atomic E-state index is 12.3. The minimum atomic E-state index is 0.103. The topological polar surface area (TPSA) is 43.3 Å². The zero-order chi connectivity index (χ0) is 19.3. The van der Waals surface area contributed by atoms with Crippen molar-refractivity contribution < 1.29 is 9.53 Å². The molecule has 1 amide bonds. The van der Waals surface area contributed by atoms with Crippen molar-refractivity contribution in [1.82, 2.24) is 9.88 Å². The third-order valence-electron chi connectivity index (χ3n) is 5.65. The lowest BCUT2D eigenvalue weighted by Gasteiger charge is -2.10. The molecule has 1 fully saturated rings. The molecular weight excluding hydrogens is 348 g/mol. The average Bonchev–Trinajstić information content (AvgIpc) is 3.35. The predicted octanol–water partition coefficient (Wildman–Crippen LogP) is 4.23. The van der Waals surface area contributed by atoms with Crippen molar-refractivity contribution in [3.63, 3.8) is 0 Å². The number of nitrogens with zero attached hydrogens (tertiary/aromatic N) is 1. The van der Waals surface area contributed by atoms with Gasteiger partial charge in [0.1, 0.15) is 0 Å². The second-order valence-electron chi connectivity index (χ2n) is 7.66. The van der Waals surface area contributed by atoms with Crippen LogP contribution in [0.15, 0.2) is 54.7 Å². The Morgan fingerprint density at radius 2 is 1.96 bits per heavy atom. The first-order chi connectivity index (χ1) is 13.7. The Morgan fingerprint density at radius 3 is 2.79 bits per heavy atom. The highest BCUT2D eigenvalue weighted by molar-refractivity contribution is 5.85. The quantitative estimate of drug-likeness (QED) is 0.671. The fourth-order valence-electron chi connectivity index (χ4n) is 3.99. The lowest BCUT2D eigenvalue weighted by atomic mass is 10.1. The molecule has 4 nitrogen and oxygen atoms in total. The Balaban J connectivity index is 1.45. The molecule has 4 heteroatoms. The van der Waals surface area contributed by atoms with Crippen LogP contribution in [0.4, 0.5) is 0 Å². The Kier molecular flexibility index (Phi) is 5.77. The van der Waals surface area contributed by atoms with Crippen LogP contribution in [0, 0.1) is 6.92 Å². The minimum Gasteiger partial charge on any atom is -0.376 e. The van der Waals surface area contributed by atoms with E-state index in [1.807, 2.05) is 0 Å². The minimum absolute atomic E-state index is 0.103. The number of benzene rings is 2. The highest BCUT2D eigenvalue weighted by Gasteiger charge is 2.16. The van der Waals surface area contributed by atoms with E-state index in [1.165, 1.54) is 27.6 Å². The molecule has 1 aromatic heterocycles. The maximum atomic E-state index is 12.3. The fraction of sp³-hybridized carbons (Fsp3) is 0.375. The first-order valence-electron chi connectivity index (χ1n) is 10.2. The summed E-state index contributed by atoms with van der Waals surface area (Å²) in [6, 6.07) is 17.0. The van der Waals surface area contributed by atoms with Gasteiger partial charge in [-0.1, -0.05) is 42.5 Å². The lowest BCUT2D eigenvalue weighted by Crippen LogP contribution is -2.31. The van der Waals surface area contributed by atoms with Crippen molar-refractivity contribution in [3.05, 3.63) is 71.4 Å². The maximum Gasteiger partial charge on any atom is 0.220 e. The molecule has 1 aliphatic heterocycles. The number of rotatable bonds is 7. The van der Waals surface area contributed by atoms with E-state index < -0.39 is 0 Å². The summed E-state index contributed by atoms with van der Waals surface area (Å²) in [5, 5.41) is 4.27. The number of hydrogen-bond acceptors (Lipinski definition) is 2. The van der Waals surface area contributed by atoms with Gasteiger partial charge in [-0.3, -0.25) is 4.79 Å². The second-order valence-corrected chi connectivity index (χ2v) is 7.66. The summed E-state index contributed by atoms with van der Waals surface area (Å²) < 4.78 is 7.88. The van der Waals surface area contributed by atoms with Gasteiger partial charge in [-0.2, -0.15) is 0 Å². The molecule has 146 valence electrons. The summed E-state index contributed by atoms with van der Waals surface area (Å²) in [4.78, 5) is 12.3. The molecule has 0 unspecified atom stereocenters. The molecule has 28 heavy (non-hydrogen) atoms. The third kappa shape index (κ3) is 4.28. The molecule has 2 aromatic carbocycles. The van der Waals surface area contributed by atoms with Crippen LogP contribution < -0.4 is 5.32 Å². The predicted molar refractivity (Wildman–Crippen MR) is 113 cm³/mol. The lowest BCUT2D eigenvalue weighted by molar-refractivity contribution is -0.121. The van der Waals surface area contributed by atoms with Crippen LogP contribution in [0.5, 0.6) is 0 Å². The van der Waals surface area contributed by atoms with Crippen LogP contribution in [0.1, 0.15) is 36.0 Å². The summed E-state index contributed by atoms with van der Waals surface area (Å²) in [5.41, 5.74) is 5.08.